The third-order valence-electron chi connectivity index (χ3n) is 5.47. The third-order valence-corrected chi connectivity index (χ3v) is 5.47. The highest BCUT2D eigenvalue weighted by Gasteiger charge is 2.48. The number of ether oxygens (including phenoxy) is 1. The highest BCUT2D eigenvalue weighted by molar-refractivity contribution is 5.22. The molecule has 2 aliphatic rings. The molecule has 0 amide bonds. The van der Waals surface area contributed by atoms with E-state index in [1.54, 1.807) is 19.5 Å². The molecule has 5 nitrogen and oxygen atoms in total. The molecule has 5 heteroatoms. The van der Waals surface area contributed by atoms with Crippen LogP contribution in [0.1, 0.15) is 36.8 Å². The lowest BCUT2D eigenvalue weighted by molar-refractivity contribution is -0.0599. The number of hydrogen-bond donors (Lipinski definition) is 1. The first-order valence-electron chi connectivity index (χ1n) is 8.56. The van der Waals surface area contributed by atoms with Crippen LogP contribution in [-0.4, -0.2) is 39.2 Å². The van der Waals surface area contributed by atoms with Gasteiger partial charge in [0.15, 0.2) is 0 Å². The van der Waals surface area contributed by atoms with Gasteiger partial charge in [0.05, 0.1) is 12.7 Å². The van der Waals surface area contributed by atoms with E-state index in [9.17, 15) is 5.11 Å². The average Bonchev–Trinajstić information content (AvgIpc) is 2.86. The zero-order valence-corrected chi connectivity index (χ0v) is 13.9. The van der Waals surface area contributed by atoms with Gasteiger partial charge in [0.1, 0.15) is 0 Å². The number of aliphatic hydroxyl groups is 1. The van der Waals surface area contributed by atoms with E-state index < -0.39 is 5.60 Å². The molecule has 126 valence electrons. The second-order valence-corrected chi connectivity index (χ2v) is 6.94. The topological polar surface area (TPSA) is 58.5 Å². The lowest BCUT2D eigenvalue weighted by Gasteiger charge is -2.43. The first kappa shape index (κ1) is 15.5. The molecule has 24 heavy (non-hydrogen) atoms. The van der Waals surface area contributed by atoms with Crippen molar-refractivity contribution >= 4 is 0 Å². The molecule has 2 fully saturated rings. The molecule has 0 spiro atoms. The molecule has 2 unspecified atom stereocenters. The normalized spacial score (nSPS) is 29.6. The van der Waals surface area contributed by atoms with Gasteiger partial charge in [0.2, 0.25) is 0 Å². The van der Waals surface area contributed by atoms with Gasteiger partial charge in [-0.25, -0.2) is 9.97 Å². The summed E-state index contributed by atoms with van der Waals surface area (Å²) in [7, 11) is 1.55. The fourth-order valence-corrected chi connectivity index (χ4v) is 4.27. The van der Waals surface area contributed by atoms with E-state index in [0.717, 1.165) is 37.8 Å². The average molecular weight is 325 g/mol. The Kier molecular flexibility index (Phi) is 3.98. The fraction of sp³-hybridized carbons (Fsp3) is 0.474. The molecule has 1 aromatic carbocycles. The van der Waals surface area contributed by atoms with Crippen molar-refractivity contribution in [2.24, 2.45) is 0 Å². The smallest absolute Gasteiger partial charge is 0.316 e. The number of hydrogen-bond acceptors (Lipinski definition) is 5. The minimum atomic E-state index is -0.828. The summed E-state index contributed by atoms with van der Waals surface area (Å²) in [4.78, 5) is 10.9. The molecule has 2 aliphatic heterocycles. The van der Waals surface area contributed by atoms with Crippen molar-refractivity contribution in [2.45, 2.75) is 49.9 Å². The summed E-state index contributed by atoms with van der Waals surface area (Å²) in [5.74, 6) is 0. The van der Waals surface area contributed by atoms with Crippen molar-refractivity contribution in [3.05, 3.63) is 53.9 Å². The number of rotatable bonds is 4. The largest absolute Gasteiger partial charge is 0.467 e. The molecular weight excluding hydrogens is 302 g/mol. The summed E-state index contributed by atoms with van der Waals surface area (Å²) in [6, 6.07) is 11.8. The van der Waals surface area contributed by atoms with Crippen LogP contribution >= 0.6 is 0 Å². The van der Waals surface area contributed by atoms with E-state index in [4.69, 9.17) is 4.74 Å². The number of aromatic nitrogens is 2. The van der Waals surface area contributed by atoms with Crippen LogP contribution in [0.15, 0.2) is 42.7 Å². The number of nitrogens with zero attached hydrogens (tertiary/aromatic N) is 3. The van der Waals surface area contributed by atoms with Crippen LogP contribution < -0.4 is 4.74 Å². The molecule has 2 bridgehead atoms. The highest BCUT2D eigenvalue weighted by Crippen LogP contribution is 2.46. The molecular formula is C19H23N3O2. The van der Waals surface area contributed by atoms with Crippen molar-refractivity contribution < 1.29 is 9.84 Å². The Morgan fingerprint density at radius 2 is 1.75 bits per heavy atom. The second-order valence-electron chi connectivity index (χ2n) is 6.94. The standard InChI is InChI=1S/C19H23N3O2/c1-24-18-20-11-15(12-21-18)19(23)9-16-7-8-17(10-19)22(16)13-14-5-3-2-4-6-14/h2-6,11-12,16-17,23H,7-10,13H2,1H3. The van der Waals surface area contributed by atoms with E-state index in [2.05, 4.69) is 45.2 Å². The molecule has 2 atom stereocenters. The van der Waals surface area contributed by atoms with Crippen molar-refractivity contribution in [2.75, 3.05) is 7.11 Å². The predicted molar refractivity (Wildman–Crippen MR) is 90.5 cm³/mol. The second kappa shape index (κ2) is 6.15. The first-order valence-corrected chi connectivity index (χ1v) is 8.56. The Labute approximate surface area is 142 Å². The van der Waals surface area contributed by atoms with E-state index in [-0.39, 0.29) is 0 Å². The maximum absolute atomic E-state index is 11.2. The van der Waals surface area contributed by atoms with Gasteiger partial charge in [-0.2, -0.15) is 0 Å². The zero-order valence-electron chi connectivity index (χ0n) is 13.9. The first-order chi connectivity index (χ1) is 11.7. The van der Waals surface area contributed by atoms with Crippen LogP contribution in [0.4, 0.5) is 0 Å². The van der Waals surface area contributed by atoms with Gasteiger partial charge in [0.25, 0.3) is 0 Å². The number of fused-ring (bicyclic) bond motifs is 2. The lowest BCUT2D eigenvalue weighted by atomic mass is 9.81. The zero-order chi connectivity index (χ0) is 16.6. The Hall–Kier alpha value is -1.98. The van der Waals surface area contributed by atoms with Crippen LogP contribution in [0.5, 0.6) is 6.01 Å². The summed E-state index contributed by atoms with van der Waals surface area (Å²) >= 11 is 0. The quantitative estimate of drug-likeness (QED) is 0.936. The minimum Gasteiger partial charge on any atom is -0.467 e. The van der Waals surface area contributed by atoms with E-state index in [1.807, 2.05) is 0 Å². The molecule has 1 N–H and O–H groups in total. The van der Waals surface area contributed by atoms with Gasteiger partial charge in [-0.1, -0.05) is 30.3 Å². The van der Waals surface area contributed by atoms with Crippen LogP contribution in [0.2, 0.25) is 0 Å². The molecule has 3 heterocycles. The molecule has 4 rings (SSSR count). The molecule has 2 aromatic rings. The highest BCUT2D eigenvalue weighted by atomic mass is 16.5. The summed E-state index contributed by atoms with van der Waals surface area (Å²) in [6.07, 6.45) is 7.20. The number of methoxy groups -OCH3 is 1. The van der Waals surface area contributed by atoms with E-state index in [0.29, 0.717) is 18.1 Å². The van der Waals surface area contributed by atoms with Gasteiger partial charge < -0.3 is 9.84 Å². The van der Waals surface area contributed by atoms with Crippen molar-refractivity contribution in [1.29, 1.82) is 0 Å². The third kappa shape index (κ3) is 2.78. The lowest BCUT2D eigenvalue weighted by Crippen LogP contribution is -2.49. The van der Waals surface area contributed by atoms with Gasteiger partial charge in [-0.3, -0.25) is 4.90 Å². The van der Waals surface area contributed by atoms with Crippen LogP contribution in [0.25, 0.3) is 0 Å². The molecule has 1 aromatic heterocycles. The van der Waals surface area contributed by atoms with E-state index in [1.165, 1.54) is 5.56 Å². The minimum absolute atomic E-state index is 0.340. The predicted octanol–water partition coefficient (Wildman–Crippen LogP) is 2.50. The monoisotopic (exact) mass is 325 g/mol. The van der Waals surface area contributed by atoms with Crippen LogP contribution in [-0.2, 0) is 12.1 Å². The summed E-state index contributed by atoms with van der Waals surface area (Å²) in [5, 5.41) is 11.2. The number of benzene rings is 1. The molecule has 0 aliphatic carbocycles. The Morgan fingerprint density at radius 3 is 2.33 bits per heavy atom. The van der Waals surface area contributed by atoms with Crippen molar-refractivity contribution in [3.8, 4) is 6.01 Å². The van der Waals surface area contributed by atoms with E-state index >= 15 is 0 Å². The SMILES string of the molecule is COc1ncc(C2(O)CC3CCC(C2)N3Cc2ccccc2)cn1. The Balaban J connectivity index is 1.52. The summed E-state index contributed by atoms with van der Waals surface area (Å²) < 4.78 is 5.02. The van der Waals surface area contributed by atoms with Crippen LogP contribution in [0.3, 0.4) is 0 Å². The Morgan fingerprint density at radius 1 is 1.12 bits per heavy atom. The molecule has 2 saturated heterocycles. The van der Waals surface area contributed by atoms with Crippen molar-refractivity contribution in [1.82, 2.24) is 14.9 Å². The summed E-state index contributed by atoms with van der Waals surface area (Å²) in [5.41, 5.74) is 1.32. The fourth-order valence-electron chi connectivity index (χ4n) is 4.27. The van der Waals surface area contributed by atoms with Crippen LogP contribution in [0, 0.1) is 0 Å². The van der Waals surface area contributed by atoms with Gasteiger partial charge in [-0.05, 0) is 31.2 Å². The van der Waals surface area contributed by atoms with Gasteiger partial charge in [-0.15, -0.1) is 0 Å². The summed E-state index contributed by atoms with van der Waals surface area (Å²) in [6.45, 7) is 0.964. The van der Waals surface area contributed by atoms with Gasteiger partial charge in [0, 0.05) is 36.6 Å². The molecule has 0 radical (unpaired) electrons. The Bertz CT molecular complexity index is 676. The van der Waals surface area contributed by atoms with Gasteiger partial charge >= 0.3 is 6.01 Å². The van der Waals surface area contributed by atoms with Crippen molar-refractivity contribution in [3.63, 3.8) is 0 Å². The molecule has 0 saturated carbocycles. The maximum Gasteiger partial charge on any atom is 0.316 e. The number of piperidine rings is 1. The maximum atomic E-state index is 11.2.